The predicted molar refractivity (Wildman–Crippen MR) is 56.1 cm³/mol. The molecule has 0 bridgehead atoms. The van der Waals surface area contributed by atoms with E-state index in [1.165, 1.54) is 5.75 Å². The average molecular weight is 181 g/mol. The Morgan fingerprint density at radius 2 is 2.50 bits per heavy atom. The second-order valence-electron chi connectivity index (χ2n) is 3.09. The molecule has 0 aliphatic carbocycles. The summed E-state index contributed by atoms with van der Waals surface area (Å²) in [5.74, 6) is 3.81. The molecular weight excluding hydrogens is 166 g/mol. The van der Waals surface area contributed by atoms with Crippen LogP contribution in [0.1, 0.15) is 19.8 Å². The van der Waals surface area contributed by atoms with Crippen molar-refractivity contribution in [2.24, 2.45) is 0 Å². The fourth-order valence-corrected chi connectivity index (χ4v) is 2.31. The summed E-state index contributed by atoms with van der Waals surface area (Å²) in [6.45, 7) is 3.37. The number of hydrogen-bond donors (Lipinski definition) is 1. The summed E-state index contributed by atoms with van der Waals surface area (Å²) < 4.78 is 0. The highest BCUT2D eigenvalue weighted by atomic mass is 32.2. The molecule has 1 saturated heterocycles. The first-order valence-electron chi connectivity index (χ1n) is 4.24. The lowest BCUT2D eigenvalue weighted by Crippen LogP contribution is -2.32. The smallest absolute Gasteiger partial charge is 0.0652 e. The summed E-state index contributed by atoms with van der Waals surface area (Å²) in [7, 11) is 0. The van der Waals surface area contributed by atoms with Crippen molar-refractivity contribution in [3.63, 3.8) is 0 Å². The molecule has 1 aliphatic heterocycles. The number of rotatable bonds is 3. The molecule has 1 unspecified atom stereocenters. The molecular formula is C10H15NS. The van der Waals surface area contributed by atoms with Crippen molar-refractivity contribution >= 4 is 11.8 Å². The first kappa shape index (κ1) is 9.70. The van der Waals surface area contributed by atoms with Crippen molar-refractivity contribution in [2.75, 3.05) is 12.3 Å². The molecule has 1 atom stereocenters. The monoisotopic (exact) mass is 181 g/mol. The van der Waals surface area contributed by atoms with Crippen LogP contribution in [0.25, 0.3) is 0 Å². The van der Waals surface area contributed by atoms with Crippen LogP contribution in [0.15, 0.2) is 12.2 Å². The van der Waals surface area contributed by atoms with Crippen LogP contribution < -0.4 is 5.32 Å². The van der Waals surface area contributed by atoms with Crippen molar-refractivity contribution in [1.82, 2.24) is 5.32 Å². The first-order valence-corrected chi connectivity index (χ1v) is 5.23. The van der Waals surface area contributed by atoms with Gasteiger partial charge in [-0.15, -0.1) is 24.1 Å². The van der Waals surface area contributed by atoms with E-state index in [1.807, 2.05) is 11.8 Å². The highest BCUT2D eigenvalue weighted by Gasteiger charge is 2.26. The van der Waals surface area contributed by atoms with E-state index in [2.05, 4.69) is 30.3 Å². The minimum atomic E-state index is 0.255. The fourth-order valence-electron chi connectivity index (χ4n) is 1.23. The summed E-state index contributed by atoms with van der Waals surface area (Å²) >= 11 is 1.99. The lowest BCUT2D eigenvalue weighted by Gasteiger charge is -2.20. The van der Waals surface area contributed by atoms with Gasteiger partial charge in [0.1, 0.15) is 0 Å². The van der Waals surface area contributed by atoms with Gasteiger partial charge in [-0.3, -0.25) is 0 Å². The van der Waals surface area contributed by atoms with E-state index in [9.17, 15) is 0 Å². The van der Waals surface area contributed by atoms with Crippen LogP contribution in [0.5, 0.6) is 0 Å². The number of thioether (sulfide) groups is 1. The van der Waals surface area contributed by atoms with Crippen molar-refractivity contribution < 1.29 is 0 Å². The van der Waals surface area contributed by atoms with Crippen molar-refractivity contribution in [3.8, 4) is 12.3 Å². The Morgan fingerprint density at radius 3 is 3.08 bits per heavy atom. The summed E-state index contributed by atoms with van der Waals surface area (Å²) in [5, 5.41) is 3.47. The topological polar surface area (TPSA) is 12.0 Å². The van der Waals surface area contributed by atoms with Gasteiger partial charge >= 0.3 is 0 Å². The van der Waals surface area contributed by atoms with E-state index in [-0.39, 0.29) is 4.87 Å². The van der Waals surface area contributed by atoms with Gasteiger partial charge in [-0.1, -0.05) is 12.2 Å². The maximum Gasteiger partial charge on any atom is 0.0652 e. The summed E-state index contributed by atoms with van der Waals surface area (Å²) in [6, 6.07) is 0. The molecule has 1 fully saturated rings. The molecule has 1 rings (SSSR count). The van der Waals surface area contributed by atoms with E-state index >= 15 is 0 Å². The molecule has 1 heterocycles. The molecule has 0 aromatic carbocycles. The van der Waals surface area contributed by atoms with Crippen LogP contribution in [0, 0.1) is 12.3 Å². The van der Waals surface area contributed by atoms with Crippen LogP contribution >= 0.6 is 11.8 Å². The van der Waals surface area contributed by atoms with Gasteiger partial charge in [0.25, 0.3) is 0 Å². The second-order valence-corrected chi connectivity index (χ2v) is 4.69. The standard InChI is InChI=1S/C10H15NS/c1-3-4-5-6-7-10(2)11-8-9-12-10/h1,5-6,11H,4,7-9H2,2H3/b6-5+. The van der Waals surface area contributed by atoms with Gasteiger partial charge in [0.2, 0.25) is 0 Å². The zero-order chi connectivity index (χ0) is 8.86. The predicted octanol–water partition coefficient (Wildman–Crippen LogP) is 2.01. The Hall–Kier alpha value is -0.390. The summed E-state index contributed by atoms with van der Waals surface area (Å²) in [5.41, 5.74) is 0. The second kappa shape index (κ2) is 4.59. The van der Waals surface area contributed by atoms with Gasteiger partial charge in [-0.25, -0.2) is 0 Å². The molecule has 0 amide bonds. The number of terminal acetylenes is 1. The Bertz CT molecular complexity index is 196. The van der Waals surface area contributed by atoms with Gasteiger partial charge in [-0.05, 0) is 13.3 Å². The van der Waals surface area contributed by atoms with E-state index < -0.39 is 0 Å². The quantitative estimate of drug-likeness (QED) is 0.528. The van der Waals surface area contributed by atoms with Crippen molar-refractivity contribution in [1.29, 1.82) is 0 Å². The largest absolute Gasteiger partial charge is 0.302 e. The molecule has 0 aromatic rings. The number of hydrogen-bond acceptors (Lipinski definition) is 2. The minimum Gasteiger partial charge on any atom is -0.302 e. The lowest BCUT2D eigenvalue weighted by atomic mass is 10.2. The normalized spacial score (nSPS) is 29.3. The Morgan fingerprint density at radius 1 is 1.67 bits per heavy atom. The third-order valence-corrected chi connectivity index (χ3v) is 3.29. The van der Waals surface area contributed by atoms with Crippen LogP contribution in [0.2, 0.25) is 0 Å². The van der Waals surface area contributed by atoms with Gasteiger partial charge < -0.3 is 5.32 Å². The van der Waals surface area contributed by atoms with Crippen LogP contribution in [-0.4, -0.2) is 17.2 Å². The third-order valence-electron chi connectivity index (χ3n) is 1.93. The molecule has 1 nitrogen and oxygen atoms in total. The fraction of sp³-hybridized carbons (Fsp3) is 0.600. The zero-order valence-electron chi connectivity index (χ0n) is 7.47. The number of nitrogens with one attached hydrogen (secondary N) is 1. The van der Waals surface area contributed by atoms with Crippen LogP contribution in [0.4, 0.5) is 0 Å². The molecule has 66 valence electrons. The van der Waals surface area contributed by atoms with Crippen molar-refractivity contribution in [2.45, 2.75) is 24.6 Å². The van der Waals surface area contributed by atoms with Crippen LogP contribution in [-0.2, 0) is 0 Å². The van der Waals surface area contributed by atoms with E-state index in [1.54, 1.807) is 0 Å². The van der Waals surface area contributed by atoms with E-state index in [0.29, 0.717) is 0 Å². The van der Waals surface area contributed by atoms with Gasteiger partial charge in [0.15, 0.2) is 0 Å². The van der Waals surface area contributed by atoms with Crippen molar-refractivity contribution in [3.05, 3.63) is 12.2 Å². The third kappa shape index (κ3) is 2.92. The van der Waals surface area contributed by atoms with Crippen LogP contribution in [0.3, 0.4) is 0 Å². The summed E-state index contributed by atoms with van der Waals surface area (Å²) in [6.07, 6.45) is 11.2. The van der Waals surface area contributed by atoms with E-state index in [4.69, 9.17) is 6.42 Å². The Balaban J connectivity index is 2.26. The van der Waals surface area contributed by atoms with Gasteiger partial charge in [0, 0.05) is 18.7 Å². The molecule has 0 radical (unpaired) electrons. The van der Waals surface area contributed by atoms with Gasteiger partial charge in [0.05, 0.1) is 4.87 Å². The average Bonchev–Trinajstić information content (AvgIpc) is 2.47. The highest BCUT2D eigenvalue weighted by molar-refractivity contribution is 8.00. The molecule has 0 spiro atoms. The SMILES string of the molecule is C#CC/C=C/CC1(C)NCCS1. The van der Waals surface area contributed by atoms with Gasteiger partial charge in [-0.2, -0.15) is 0 Å². The Labute approximate surface area is 79.0 Å². The maximum atomic E-state index is 5.13. The molecule has 12 heavy (non-hydrogen) atoms. The molecule has 1 aliphatic rings. The molecule has 0 aromatic heterocycles. The minimum absolute atomic E-state index is 0.255. The maximum absolute atomic E-state index is 5.13. The molecule has 2 heteroatoms. The van der Waals surface area contributed by atoms with E-state index in [0.717, 1.165) is 19.4 Å². The summed E-state index contributed by atoms with van der Waals surface area (Å²) in [4.78, 5) is 0.255. The molecule has 1 N–H and O–H groups in total. The lowest BCUT2D eigenvalue weighted by molar-refractivity contribution is 0.551. The highest BCUT2D eigenvalue weighted by Crippen LogP contribution is 2.30. The zero-order valence-corrected chi connectivity index (χ0v) is 8.29. The molecule has 0 saturated carbocycles. The Kier molecular flexibility index (Phi) is 3.71. The number of allylic oxidation sites excluding steroid dienone is 1. The first-order chi connectivity index (χ1) is 5.77.